The highest BCUT2D eigenvalue weighted by Crippen LogP contribution is 2.35. The number of hydrogen-bond acceptors (Lipinski definition) is 7. The monoisotopic (exact) mass is 472 g/mol. The van der Waals surface area contributed by atoms with Crippen molar-refractivity contribution in [2.45, 2.75) is 11.4 Å². The van der Waals surface area contributed by atoms with Crippen LogP contribution >= 0.6 is 24.0 Å². The molecular formula is C21H16N2O5S3. The van der Waals surface area contributed by atoms with Gasteiger partial charge in [0, 0.05) is 11.6 Å². The van der Waals surface area contributed by atoms with E-state index < -0.39 is 10.0 Å². The molecule has 0 unspecified atom stereocenters. The molecule has 0 atom stereocenters. The lowest BCUT2D eigenvalue weighted by atomic mass is 10.2. The minimum absolute atomic E-state index is 0.0124. The molecule has 1 aliphatic heterocycles. The molecule has 0 radical (unpaired) electrons. The molecule has 1 saturated heterocycles. The van der Waals surface area contributed by atoms with Crippen molar-refractivity contribution in [1.29, 1.82) is 0 Å². The summed E-state index contributed by atoms with van der Waals surface area (Å²) in [7, 11) is -3.77. The average Bonchev–Trinajstić information content (AvgIpc) is 3.28. The maximum Gasteiger partial charge on any atom is 0.266 e. The van der Waals surface area contributed by atoms with Gasteiger partial charge in [-0.15, -0.1) is 0 Å². The topological polar surface area (TPSA) is 114 Å². The van der Waals surface area contributed by atoms with Gasteiger partial charge in [-0.1, -0.05) is 36.1 Å². The van der Waals surface area contributed by atoms with E-state index in [9.17, 15) is 18.3 Å². The van der Waals surface area contributed by atoms with E-state index in [1.54, 1.807) is 48.5 Å². The number of furan rings is 1. The Labute approximate surface area is 188 Å². The number of phenols is 1. The van der Waals surface area contributed by atoms with Gasteiger partial charge in [0.2, 0.25) is 10.0 Å². The van der Waals surface area contributed by atoms with E-state index >= 15 is 0 Å². The summed E-state index contributed by atoms with van der Waals surface area (Å²) in [6.45, 7) is 0.260. The number of aromatic hydroxyl groups is 1. The first kappa shape index (κ1) is 21.3. The van der Waals surface area contributed by atoms with E-state index in [1.807, 2.05) is 6.07 Å². The quantitative estimate of drug-likeness (QED) is 0.430. The number of thiocarbonyl (C=S) groups is 1. The molecule has 7 nitrogen and oxygen atoms in total. The number of carbonyl (C=O) groups excluding carboxylic acids is 1. The number of benzene rings is 2. The molecule has 0 spiro atoms. The Morgan fingerprint density at radius 1 is 1.13 bits per heavy atom. The predicted molar refractivity (Wildman–Crippen MR) is 122 cm³/mol. The Morgan fingerprint density at radius 2 is 1.87 bits per heavy atom. The van der Waals surface area contributed by atoms with Crippen molar-refractivity contribution < 1.29 is 22.7 Å². The van der Waals surface area contributed by atoms with Crippen LogP contribution in [0.1, 0.15) is 11.3 Å². The van der Waals surface area contributed by atoms with Gasteiger partial charge >= 0.3 is 0 Å². The van der Waals surface area contributed by atoms with E-state index in [4.69, 9.17) is 21.8 Å². The minimum atomic E-state index is -3.77. The third-order valence-electron chi connectivity index (χ3n) is 4.49. The summed E-state index contributed by atoms with van der Waals surface area (Å²) in [4.78, 5) is 14.7. The van der Waals surface area contributed by atoms with E-state index in [0.717, 1.165) is 5.56 Å². The Bertz CT molecular complexity index is 1310. The van der Waals surface area contributed by atoms with Crippen LogP contribution in [0, 0.1) is 0 Å². The van der Waals surface area contributed by atoms with Gasteiger partial charge in [0.25, 0.3) is 5.91 Å². The van der Waals surface area contributed by atoms with Gasteiger partial charge in [-0.3, -0.25) is 9.69 Å². The molecule has 0 aliphatic carbocycles. The number of carbonyl (C=O) groups is 1. The van der Waals surface area contributed by atoms with Crippen LogP contribution < -0.4 is 5.14 Å². The molecule has 1 aromatic heterocycles. The Kier molecular flexibility index (Phi) is 5.71. The van der Waals surface area contributed by atoms with Crippen LogP contribution in [0.4, 0.5) is 0 Å². The maximum atomic E-state index is 12.8. The molecule has 158 valence electrons. The van der Waals surface area contributed by atoms with Crippen LogP contribution in [0.5, 0.6) is 5.75 Å². The lowest BCUT2D eigenvalue weighted by Gasteiger charge is -2.14. The summed E-state index contributed by atoms with van der Waals surface area (Å²) in [5.74, 6) is 0.860. The normalized spacial score (nSPS) is 15.8. The zero-order chi connectivity index (χ0) is 22.2. The zero-order valence-corrected chi connectivity index (χ0v) is 18.3. The van der Waals surface area contributed by atoms with Crippen molar-refractivity contribution in [3.05, 3.63) is 76.9 Å². The molecule has 2 heterocycles. The number of amides is 1. The van der Waals surface area contributed by atoms with Gasteiger partial charge in [-0.05, 0) is 54.1 Å². The van der Waals surface area contributed by atoms with Gasteiger partial charge < -0.3 is 9.52 Å². The third-order valence-corrected chi connectivity index (χ3v) is 6.80. The number of nitrogens with zero attached hydrogens (tertiary/aromatic N) is 1. The highest BCUT2D eigenvalue weighted by molar-refractivity contribution is 8.26. The van der Waals surface area contributed by atoms with Gasteiger partial charge in [0.15, 0.2) is 0 Å². The summed E-state index contributed by atoms with van der Waals surface area (Å²) in [6.07, 6.45) is 1.62. The second kappa shape index (κ2) is 8.31. The van der Waals surface area contributed by atoms with E-state index in [-0.39, 0.29) is 23.1 Å². The summed E-state index contributed by atoms with van der Waals surface area (Å²) >= 11 is 6.52. The summed E-state index contributed by atoms with van der Waals surface area (Å²) in [5, 5.41) is 14.7. The fourth-order valence-corrected chi connectivity index (χ4v) is 4.75. The van der Waals surface area contributed by atoms with Crippen LogP contribution in [-0.2, 0) is 21.4 Å². The number of hydrogen-bond donors (Lipinski definition) is 2. The van der Waals surface area contributed by atoms with Crippen molar-refractivity contribution in [2.75, 3.05) is 0 Å². The Hall–Kier alpha value is -2.92. The smallest absolute Gasteiger partial charge is 0.266 e. The number of thioether (sulfide) groups is 1. The number of nitrogens with two attached hydrogens (primary N) is 1. The molecule has 31 heavy (non-hydrogen) atoms. The summed E-state index contributed by atoms with van der Waals surface area (Å²) < 4.78 is 29.0. The van der Waals surface area contributed by atoms with Gasteiger partial charge in [-0.25, -0.2) is 13.6 Å². The SMILES string of the molecule is NS(=O)(=O)c1ccc(-c2ccc(C=C3SC(=S)N(Cc4cccc(O)c4)C3=O)o2)cc1. The second-order valence-corrected chi connectivity index (χ2v) is 9.95. The van der Waals surface area contributed by atoms with E-state index in [1.165, 1.54) is 28.8 Å². The fraction of sp³-hybridized carbons (Fsp3) is 0.0476. The first-order valence-corrected chi connectivity index (χ1v) is 11.7. The standard InChI is InChI=1S/C21H16N2O5S3/c22-31(26,27)17-7-4-14(5-8-17)18-9-6-16(28-18)11-19-20(25)23(21(29)30-19)12-13-2-1-3-15(24)10-13/h1-11,24H,12H2,(H2,22,26,27). The maximum absolute atomic E-state index is 12.8. The molecule has 10 heteroatoms. The lowest BCUT2D eigenvalue weighted by molar-refractivity contribution is -0.122. The number of primary sulfonamides is 1. The number of sulfonamides is 1. The van der Waals surface area contributed by atoms with Crippen molar-refractivity contribution in [1.82, 2.24) is 4.90 Å². The molecule has 4 rings (SSSR count). The highest BCUT2D eigenvalue weighted by Gasteiger charge is 2.32. The van der Waals surface area contributed by atoms with Crippen LogP contribution in [0.25, 0.3) is 17.4 Å². The van der Waals surface area contributed by atoms with Crippen LogP contribution in [0.2, 0.25) is 0 Å². The van der Waals surface area contributed by atoms with E-state index in [2.05, 4.69) is 0 Å². The molecule has 3 aromatic rings. The largest absolute Gasteiger partial charge is 0.508 e. The van der Waals surface area contributed by atoms with Crippen molar-refractivity contribution in [3.63, 3.8) is 0 Å². The van der Waals surface area contributed by atoms with Crippen LogP contribution in [0.3, 0.4) is 0 Å². The molecule has 0 saturated carbocycles. The number of phenolic OH excluding ortho intramolecular Hbond substituents is 1. The molecular weight excluding hydrogens is 456 g/mol. The fourth-order valence-electron chi connectivity index (χ4n) is 3.00. The Morgan fingerprint density at radius 3 is 2.55 bits per heavy atom. The van der Waals surface area contributed by atoms with Crippen molar-refractivity contribution in [2.24, 2.45) is 5.14 Å². The van der Waals surface area contributed by atoms with Gasteiger partial charge in [0.05, 0.1) is 16.3 Å². The van der Waals surface area contributed by atoms with Crippen molar-refractivity contribution >= 4 is 50.3 Å². The van der Waals surface area contributed by atoms with E-state index in [0.29, 0.717) is 26.3 Å². The summed E-state index contributed by atoms with van der Waals surface area (Å²) in [5.41, 5.74) is 1.43. The van der Waals surface area contributed by atoms with Gasteiger partial charge in [0.1, 0.15) is 21.6 Å². The minimum Gasteiger partial charge on any atom is -0.508 e. The molecule has 1 amide bonds. The Balaban J connectivity index is 1.52. The summed E-state index contributed by atoms with van der Waals surface area (Å²) in [6, 6.07) is 16.1. The first-order valence-electron chi connectivity index (χ1n) is 8.97. The van der Waals surface area contributed by atoms with Crippen molar-refractivity contribution in [3.8, 4) is 17.1 Å². The highest BCUT2D eigenvalue weighted by atomic mass is 32.2. The molecule has 3 N–H and O–H groups in total. The van der Waals surface area contributed by atoms with Crippen LogP contribution in [-0.4, -0.2) is 28.7 Å². The molecule has 0 bridgehead atoms. The third kappa shape index (κ3) is 4.72. The zero-order valence-electron chi connectivity index (χ0n) is 15.9. The molecule has 1 aliphatic rings. The predicted octanol–water partition coefficient (Wildman–Crippen LogP) is 3.70. The second-order valence-electron chi connectivity index (χ2n) is 6.71. The average molecular weight is 473 g/mol. The first-order chi connectivity index (χ1) is 14.7. The van der Waals surface area contributed by atoms with Gasteiger partial charge in [-0.2, -0.15) is 0 Å². The molecule has 2 aromatic carbocycles. The van der Waals surface area contributed by atoms with Crippen LogP contribution in [0.15, 0.2) is 74.9 Å². The lowest BCUT2D eigenvalue weighted by Crippen LogP contribution is -2.27. The number of rotatable bonds is 5. The molecule has 1 fully saturated rings.